The molecule has 24 heteroatoms. The number of ether oxygens (including phenoxy) is 3. The van der Waals surface area contributed by atoms with Crippen molar-refractivity contribution in [1.29, 1.82) is 0 Å². The van der Waals surface area contributed by atoms with Crippen LogP contribution in [0.2, 0.25) is 0 Å². The number of amides is 4. The number of aryl methyl sites for hydroxylation is 4. The van der Waals surface area contributed by atoms with E-state index in [9.17, 15) is 19.2 Å². The maximum absolute atomic E-state index is 14.1. The first kappa shape index (κ1) is 46.9. The van der Waals surface area contributed by atoms with Gasteiger partial charge in [0, 0.05) is 63.4 Å². The summed E-state index contributed by atoms with van der Waals surface area (Å²) in [6.07, 6.45) is 6.93. The third-order valence-corrected chi connectivity index (χ3v) is 13.0. The van der Waals surface area contributed by atoms with Gasteiger partial charge in [0.2, 0.25) is 17.8 Å². The van der Waals surface area contributed by atoms with Crippen LogP contribution < -0.4 is 47.7 Å². The molecule has 8 N–H and O–H groups in total. The molecular weight excluding hydrogens is 915 g/mol. The first-order valence-electron chi connectivity index (χ1n) is 23.9. The number of nitrogens with zero attached hydrogens (tertiary/aromatic N) is 10. The Morgan fingerprint density at radius 3 is 1.82 bits per heavy atom. The van der Waals surface area contributed by atoms with Crippen LogP contribution in [0.3, 0.4) is 0 Å². The van der Waals surface area contributed by atoms with Crippen molar-refractivity contribution in [1.82, 2.24) is 65.4 Å². The SMILES string of the molecule is CCn1nc(C)cc1C(=O)Nc1nc2cc(C(N)=O)cc3c2n1C/C=C/Cn1c(NC(=O)c2cc(C)nn2CC)nc2cc(C(=O)NCCCC4=NNNN4)cc(c21)OCC(N1CC2CCC(C1)O2)CO3. The number of rotatable bonds is 13. The van der Waals surface area contributed by atoms with Gasteiger partial charge < -0.3 is 34.4 Å². The minimum atomic E-state index is -0.676. The Kier molecular flexibility index (Phi) is 13.1. The van der Waals surface area contributed by atoms with E-state index in [1.54, 1.807) is 45.8 Å². The number of allylic oxidation sites excluding steroid dienone is 2. The number of fused-ring (bicyclic) bond motifs is 2. The highest BCUT2D eigenvalue weighted by Gasteiger charge is 2.38. The molecule has 8 heterocycles. The lowest BCUT2D eigenvalue weighted by atomic mass is 10.1. The fourth-order valence-electron chi connectivity index (χ4n) is 9.61. The van der Waals surface area contributed by atoms with Crippen molar-refractivity contribution in [2.45, 2.75) is 97.8 Å². The summed E-state index contributed by atoms with van der Waals surface area (Å²) in [6.45, 7) is 10.6. The summed E-state index contributed by atoms with van der Waals surface area (Å²) >= 11 is 0. The number of nitrogens with two attached hydrogens (primary N) is 1. The molecule has 4 aliphatic rings. The number of hydrogen-bond donors (Lipinski definition) is 7. The number of amidine groups is 1. The Hall–Kier alpha value is -7.83. The number of benzene rings is 2. The highest BCUT2D eigenvalue weighted by Crippen LogP contribution is 2.35. The molecule has 10 rings (SSSR count). The zero-order chi connectivity index (χ0) is 49.3. The molecular formula is C47H57N17O7. The number of hydrazine groups is 2. The van der Waals surface area contributed by atoms with E-state index in [2.05, 4.69) is 52.6 Å². The van der Waals surface area contributed by atoms with E-state index in [0.29, 0.717) is 107 Å². The molecule has 24 nitrogen and oxygen atoms in total. The average Bonchev–Trinajstić information content (AvgIpc) is 4.23. The molecule has 0 saturated carbocycles. The Labute approximate surface area is 407 Å². The van der Waals surface area contributed by atoms with Crippen LogP contribution in [0.25, 0.3) is 22.1 Å². The van der Waals surface area contributed by atoms with E-state index in [-0.39, 0.29) is 67.9 Å². The van der Waals surface area contributed by atoms with E-state index >= 15 is 0 Å². The predicted octanol–water partition coefficient (Wildman–Crippen LogP) is 2.73. The number of nitrogens with one attached hydrogen (secondary N) is 6. The number of carbonyl (C=O) groups excluding carboxylic acids is 4. The lowest BCUT2D eigenvalue weighted by Gasteiger charge is -2.37. The lowest BCUT2D eigenvalue weighted by Crippen LogP contribution is -2.52. The summed E-state index contributed by atoms with van der Waals surface area (Å²) in [6, 6.07) is 9.62. The van der Waals surface area contributed by atoms with E-state index in [4.69, 9.17) is 29.9 Å². The fraction of sp³-hybridized carbons (Fsp3) is 0.426. The Morgan fingerprint density at radius 2 is 1.30 bits per heavy atom. The van der Waals surface area contributed by atoms with Crippen LogP contribution in [-0.2, 0) is 30.9 Å². The molecule has 2 fully saturated rings. The quantitative estimate of drug-likeness (QED) is 0.0648. The smallest absolute Gasteiger partial charge is 0.276 e. The molecule has 4 aromatic heterocycles. The normalized spacial score (nSPS) is 19.4. The van der Waals surface area contributed by atoms with Gasteiger partial charge in [0.15, 0.2) is 0 Å². The second-order valence-electron chi connectivity index (χ2n) is 18.0. The topological polar surface area (TPSA) is 281 Å². The minimum Gasteiger partial charge on any atom is -0.490 e. The first-order valence-corrected chi connectivity index (χ1v) is 23.9. The largest absolute Gasteiger partial charge is 0.490 e. The second kappa shape index (κ2) is 19.9. The number of hydrazone groups is 1. The predicted molar refractivity (Wildman–Crippen MR) is 261 cm³/mol. The van der Waals surface area contributed by atoms with Crippen LogP contribution in [-0.4, -0.2) is 124 Å². The number of carbonyl (C=O) groups is 4. The van der Waals surface area contributed by atoms with Crippen molar-refractivity contribution in [3.8, 4) is 11.5 Å². The summed E-state index contributed by atoms with van der Waals surface area (Å²) in [7, 11) is 0. The van der Waals surface area contributed by atoms with Crippen LogP contribution in [0.5, 0.6) is 11.5 Å². The molecule has 3 atom stereocenters. The molecule has 2 saturated heterocycles. The van der Waals surface area contributed by atoms with Gasteiger partial charge in [0.1, 0.15) is 53.0 Å². The fourth-order valence-corrected chi connectivity index (χ4v) is 9.61. The summed E-state index contributed by atoms with van der Waals surface area (Å²) in [4.78, 5) is 67.0. The standard InChI is InChI=1S/C47H57N17O7/c1-5-63-35(16-26(3)56-63)44(67)52-46-50-33-18-28(42(48)65)20-37-40(33)61(46)14-7-8-15-62-41-34(51-47(62)53-45(68)36-17-27(4)57-64(36)6-2)19-29(43(66)49-13-9-10-39-54-58-59-55-39)21-38(41)70-25-30(24-69-37)60-22-31-11-12-32(23-60)71-31/h7-8,16-21,30-32,58-59H,5-6,9-15,22-25H2,1-4H3,(H2,48,65)(H,49,66)(H,54,55)(H,50,52,67)(H,51,53,68)/b8-7+. The van der Waals surface area contributed by atoms with Gasteiger partial charge in [-0.1, -0.05) is 12.2 Å². The molecule has 372 valence electrons. The molecule has 0 spiro atoms. The van der Waals surface area contributed by atoms with Gasteiger partial charge in [-0.15, -0.1) is 10.6 Å². The molecule has 4 aliphatic heterocycles. The third-order valence-electron chi connectivity index (χ3n) is 13.0. The maximum atomic E-state index is 14.1. The molecule has 2 bridgehead atoms. The van der Waals surface area contributed by atoms with Gasteiger partial charge in [-0.2, -0.15) is 10.2 Å². The summed E-state index contributed by atoms with van der Waals surface area (Å²) in [5, 5.41) is 22.1. The molecule has 3 unspecified atom stereocenters. The molecule has 4 amide bonds. The van der Waals surface area contributed by atoms with E-state index in [1.807, 2.05) is 49.0 Å². The Balaban J connectivity index is 1.07. The summed E-state index contributed by atoms with van der Waals surface area (Å²) in [5.41, 5.74) is 18.6. The lowest BCUT2D eigenvalue weighted by molar-refractivity contribution is -0.0639. The average molecular weight is 972 g/mol. The van der Waals surface area contributed by atoms with Crippen molar-refractivity contribution in [3.63, 3.8) is 0 Å². The van der Waals surface area contributed by atoms with Crippen molar-refractivity contribution >= 4 is 63.4 Å². The van der Waals surface area contributed by atoms with Gasteiger partial charge in [-0.05, 0) is 83.4 Å². The number of imidazole rings is 2. The van der Waals surface area contributed by atoms with Crippen LogP contribution in [0, 0.1) is 13.8 Å². The highest BCUT2D eigenvalue weighted by atomic mass is 16.5. The minimum absolute atomic E-state index is 0.0323. The summed E-state index contributed by atoms with van der Waals surface area (Å²) < 4.78 is 26.8. The number of morpholine rings is 1. The molecule has 71 heavy (non-hydrogen) atoms. The monoisotopic (exact) mass is 971 g/mol. The van der Waals surface area contributed by atoms with Crippen molar-refractivity contribution < 1.29 is 33.4 Å². The van der Waals surface area contributed by atoms with E-state index in [0.717, 1.165) is 18.7 Å². The van der Waals surface area contributed by atoms with Gasteiger partial charge in [-0.25, -0.2) is 15.5 Å². The van der Waals surface area contributed by atoms with Crippen LogP contribution in [0.4, 0.5) is 11.9 Å². The van der Waals surface area contributed by atoms with Crippen LogP contribution >= 0.6 is 0 Å². The number of anilines is 2. The number of hydrogen-bond acceptors (Lipinski definition) is 16. The Morgan fingerprint density at radius 1 is 0.746 bits per heavy atom. The number of primary amides is 1. The van der Waals surface area contributed by atoms with Crippen LogP contribution in [0.15, 0.2) is 53.7 Å². The molecule has 6 aromatic rings. The van der Waals surface area contributed by atoms with Crippen molar-refractivity contribution in [3.05, 3.63) is 82.5 Å². The highest BCUT2D eigenvalue weighted by molar-refractivity contribution is 6.05. The van der Waals surface area contributed by atoms with Gasteiger partial charge in [-0.3, -0.25) is 49.5 Å². The Bertz CT molecular complexity index is 3100. The van der Waals surface area contributed by atoms with Gasteiger partial charge in [0.05, 0.1) is 40.7 Å². The molecule has 0 aliphatic carbocycles. The van der Waals surface area contributed by atoms with E-state index in [1.165, 1.54) is 0 Å². The van der Waals surface area contributed by atoms with E-state index < -0.39 is 17.7 Å². The van der Waals surface area contributed by atoms with Gasteiger partial charge >= 0.3 is 0 Å². The third kappa shape index (κ3) is 9.72. The van der Waals surface area contributed by atoms with Crippen LogP contribution in [0.1, 0.15) is 92.6 Å². The maximum Gasteiger partial charge on any atom is 0.276 e. The number of aromatic nitrogens is 8. The van der Waals surface area contributed by atoms with Gasteiger partial charge in [0.25, 0.3) is 17.7 Å². The van der Waals surface area contributed by atoms with Crippen molar-refractivity contribution in [2.75, 3.05) is 43.5 Å². The molecule has 0 radical (unpaired) electrons. The second-order valence-corrected chi connectivity index (χ2v) is 18.0. The number of likely N-dealkylation sites (tertiary alicyclic amines) is 1. The van der Waals surface area contributed by atoms with Crippen molar-refractivity contribution in [2.24, 2.45) is 10.8 Å². The zero-order valence-electron chi connectivity index (χ0n) is 40.0. The molecule has 2 aromatic carbocycles. The zero-order valence-corrected chi connectivity index (χ0v) is 40.0. The summed E-state index contributed by atoms with van der Waals surface area (Å²) in [5.74, 6) is -0.0281. The first-order chi connectivity index (χ1) is 34.4.